The molecule has 0 radical (unpaired) electrons. The molecular formula is C18H21FN4O5S. The first-order chi connectivity index (χ1) is 13.6. The highest BCUT2D eigenvalue weighted by atomic mass is 32.2. The minimum atomic E-state index is -3.51. The van der Waals surface area contributed by atoms with Crippen LogP contribution in [0, 0.1) is 12.7 Å². The van der Waals surface area contributed by atoms with Gasteiger partial charge in [-0.25, -0.2) is 27.6 Å². The van der Waals surface area contributed by atoms with E-state index in [4.69, 9.17) is 9.84 Å². The SMILES string of the molecule is Cc1c(Nc2ccc(S(C)(=O)=O)cc2F)ncnc1OC1CCN(C(=O)O)CC1. The number of carboxylic acid groups (broad SMARTS) is 1. The molecule has 156 valence electrons. The van der Waals surface area contributed by atoms with Crippen LogP contribution in [0.4, 0.5) is 20.7 Å². The predicted molar refractivity (Wildman–Crippen MR) is 103 cm³/mol. The number of anilines is 2. The third kappa shape index (κ3) is 4.91. The molecule has 2 heterocycles. The molecule has 9 nitrogen and oxygen atoms in total. The van der Waals surface area contributed by atoms with Gasteiger partial charge in [0, 0.05) is 32.2 Å². The number of ether oxygens (including phenoxy) is 1. The lowest BCUT2D eigenvalue weighted by molar-refractivity contribution is 0.0866. The zero-order valence-electron chi connectivity index (χ0n) is 15.9. The van der Waals surface area contributed by atoms with E-state index in [0.29, 0.717) is 43.2 Å². The lowest BCUT2D eigenvalue weighted by Gasteiger charge is -2.30. The van der Waals surface area contributed by atoms with E-state index in [9.17, 15) is 17.6 Å². The number of likely N-dealkylation sites (tertiary alicyclic amines) is 1. The van der Waals surface area contributed by atoms with Crippen LogP contribution in [-0.4, -0.2) is 59.9 Å². The molecule has 0 saturated carbocycles. The normalized spacial score (nSPS) is 15.2. The third-order valence-electron chi connectivity index (χ3n) is 4.65. The summed E-state index contributed by atoms with van der Waals surface area (Å²) in [5.74, 6) is -0.0807. The second kappa shape index (κ2) is 8.19. The van der Waals surface area contributed by atoms with Crippen molar-refractivity contribution in [1.82, 2.24) is 14.9 Å². The number of nitrogens with zero attached hydrogens (tertiary/aromatic N) is 3. The van der Waals surface area contributed by atoms with E-state index in [1.807, 2.05) is 0 Å². The molecule has 1 fully saturated rings. The fraction of sp³-hybridized carbons (Fsp3) is 0.389. The van der Waals surface area contributed by atoms with Gasteiger partial charge in [0.15, 0.2) is 9.84 Å². The molecule has 0 unspecified atom stereocenters. The van der Waals surface area contributed by atoms with E-state index in [-0.39, 0.29) is 16.7 Å². The van der Waals surface area contributed by atoms with Crippen molar-refractivity contribution >= 4 is 27.4 Å². The van der Waals surface area contributed by atoms with Crippen LogP contribution in [0.3, 0.4) is 0 Å². The third-order valence-corrected chi connectivity index (χ3v) is 5.76. The number of halogens is 1. The summed E-state index contributed by atoms with van der Waals surface area (Å²) >= 11 is 0. The van der Waals surface area contributed by atoms with Gasteiger partial charge in [-0.3, -0.25) is 0 Å². The zero-order chi connectivity index (χ0) is 21.2. The van der Waals surface area contributed by atoms with Crippen LogP contribution >= 0.6 is 0 Å². The van der Waals surface area contributed by atoms with Crippen LogP contribution in [0.15, 0.2) is 29.4 Å². The van der Waals surface area contributed by atoms with Crippen LogP contribution in [0.1, 0.15) is 18.4 Å². The van der Waals surface area contributed by atoms with Crippen LogP contribution in [0.2, 0.25) is 0 Å². The number of hydrogen-bond donors (Lipinski definition) is 2. The molecule has 2 N–H and O–H groups in total. The Labute approximate surface area is 167 Å². The van der Waals surface area contributed by atoms with Gasteiger partial charge in [0.05, 0.1) is 16.1 Å². The molecule has 11 heteroatoms. The van der Waals surface area contributed by atoms with Crippen molar-refractivity contribution in [2.45, 2.75) is 30.8 Å². The Morgan fingerprint density at radius 1 is 1.31 bits per heavy atom. The lowest BCUT2D eigenvalue weighted by Crippen LogP contribution is -2.41. The number of nitrogens with one attached hydrogen (secondary N) is 1. The second-order valence-electron chi connectivity index (χ2n) is 6.78. The number of aromatic nitrogens is 2. The lowest BCUT2D eigenvalue weighted by atomic mass is 10.1. The second-order valence-corrected chi connectivity index (χ2v) is 8.79. The molecule has 1 aromatic heterocycles. The maximum atomic E-state index is 14.3. The monoisotopic (exact) mass is 424 g/mol. The summed E-state index contributed by atoms with van der Waals surface area (Å²) in [6.07, 6.45) is 2.24. The number of sulfone groups is 1. The van der Waals surface area contributed by atoms with Crippen molar-refractivity contribution in [2.24, 2.45) is 0 Å². The Morgan fingerprint density at radius 2 is 2.00 bits per heavy atom. The fourth-order valence-electron chi connectivity index (χ4n) is 2.96. The summed E-state index contributed by atoms with van der Waals surface area (Å²) < 4.78 is 43.3. The molecule has 0 bridgehead atoms. The zero-order valence-corrected chi connectivity index (χ0v) is 16.7. The molecule has 1 amide bonds. The number of carbonyl (C=O) groups is 1. The Bertz CT molecular complexity index is 1020. The van der Waals surface area contributed by atoms with Gasteiger partial charge < -0.3 is 20.1 Å². The van der Waals surface area contributed by atoms with Crippen LogP contribution in [0.5, 0.6) is 5.88 Å². The summed E-state index contributed by atoms with van der Waals surface area (Å²) in [5, 5.41) is 11.8. The summed E-state index contributed by atoms with van der Waals surface area (Å²) in [6, 6.07) is 3.59. The topological polar surface area (TPSA) is 122 Å². The van der Waals surface area contributed by atoms with Gasteiger partial charge in [-0.1, -0.05) is 0 Å². The number of rotatable bonds is 5. The highest BCUT2D eigenvalue weighted by Gasteiger charge is 2.24. The summed E-state index contributed by atoms with van der Waals surface area (Å²) in [4.78, 5) is 20.4. The Morgan fingerprint density at radius 3 is 2.59 bits per heavy atom. The Kier molecular flexibility index (Phi) is 5.87. The average Bonchev–Trinajstić information content (AvgIpc) is 2.66. The van der Waals surface area contributed by atoms with Gasteiger partial charge in [-0.2, -0.15) is 0 Å². The minimum Gasteiger partial charge on any atom is -0.474 e. The van der Waals surface area contributed by atoms with Crippen molar-refractivity contribution in [1.29, 1.82) is 0 Å². The molecule has 1 aliphatic rings. The van der Waals surface area contributed by atoms with Crippen molar-refractivity contribution in [2.75, 3.05) is 24.7 Å². The van der Waals surface area contributed by atoms with Crippen LogP contribution in [-0.2, 0) is 9.84 Å². The van der Waals surface area contributed by atoms with E-state index in [0.717, 1.165) is 12.3 Å². The molecule has 1 aliphatic heterocycles. The smallest absolute Gasteiger partial charge is 0.407 e. The van der Waals surface area contributed by atoms with Gasteiger partial charge >= 0.3 is 6.09 Å². The average molecular weight is 424 g/mol. The maximum absolute atomic E-state index is 14.3. The van der Waals surface area contributed by atoms with Gasteiger partial charge in [-0.15, -0.1) is 0 Å². The number of piperidine rings is 1. The predicted octanol–water partition coefficient (Wildman–Crippen LogP) is 2.59. The van der Waals surface area contributed by atoms with Gasteiger partial charge in [-0.05, 0) is 25.1 Å². The molecule has 1 aromatic carbocycles. The van der Waals surface area contributed by atoms with Crippen molar-refractivity contribution in [3.8, 4) is 5.88 Å². The van der Waals surface area contributed by atoms with Crippen LogP contribution in [0.25, 0.3) is 0 Å². The van der Waals surface area contributed by atoms with Crippen LogP contribution < -0.4 is 10.1 Å². The summed E-state index contributed by atoms with van der Waals surface area (Å²) in [5.41, 5.74) is 0.625. The number of amides is 1. The molecule has 1 saturated heterocycles. The first kappa shape index (κ1) is 20.8. The standard InChI is InChI=1S/C18H21FN4O5S/c1-11-16(22-15-4-3-13(9-14(15)19)29(2,26)27)20-10-21-17(11)28-12-5-7-23(8-6-12)18(24)25/h3-4,9-10,12H,5-8H2,1-2H3,(H,24,25)(H,20,21,22). The molecule has 3 rings (SSSR count). The highest BCUT2D eigenvalue weighted by molar-refractivity contribution is 7.90. The molecule has 29 heavy (non-hydrogen) atoms. The summed E-state index contributed by atoms with van der Waals surface area (Å²) in [6.45, 7) is 2.48. The fourth-order valence-corrected chi connectivity index (χ4v) is 3.59. The van der Waals surface area contributed by atoms with Gasteiger partial charge in [0.25, 0.3) is 0 Å². The molecule has 0 spiro atoms. The Balaban J connectivity index is 1.73. The first-order valence-electron chi connectivity index (χ1n) is 8.88. The highest BCUT2D eigenvalue weighted by Crippen LogP contribution is 2.28. The van der Waals surface area contributed by atoms with Crippen molar-refractivity contribution < 1.29 is 27.4 Å². The number of hydrogen-bond acceptors (Lipinski definition) is 7. The Hall–Kier alpha value is -2.95. The van der Waals surface area contributed by atoms with E-state index in [1.165, 1.54) is 23.4 Å². The van der Waals surface area contributed by atoms with E-state index >= 15 is 0 Å². The maximum Gasteiger partial charge on any atom is 0.407 e. The molecule has 0 atom stereocenters. The van der Waals surface area contributed by atoms with Crippen molar-refractivity contribution in [3.63, 3.8) is 0 Å². The largest absolute Gasteiger partial charge is 0.474 e. The quantitative estimate of drug-likeness (QED) is 0.751. The molecule has 0 aliphatic carbocycles. The van der Waals surface area contributed by atoms with E-state index in [2.05, 4.69) is 15.3 Å². The van der Waals surface area contributed by atoms with Crippen molar-refractivity contribution in [3.05, 3.63) is 35.9 Å². The minimum absolute atomic E-state index is 0.0694. The molecule has 2 aromatic rings. The van der Waals surface area contributed by atoms with E-state index in [1.54, 1.807) is 6.92 Å². The van der Waals surface area contributed by atoms with E-state index < -0.39 is 21.7 Å². The molecular weight excluding hydrogens is 403 g/mol. The van der Waals surface area contributed by atoms with Gasteiger partial charge in [0.2, 0.25) is 5.88 Å². The summed E-state index contributed by atoms with van der Waals surface area (Å²) in [7, 11) is -3.51. The first-order valence-corrected chi connectivity index (χ1v) is 10.8. The number of benzene rings is 1. The van der Waals surface area contributed by atoms with Gasteiger partial charge in [0.1, 0.15) is 24.1 Å².